The van der Waals surface area contributed by atoms with Crippen molar-refractivity contribution in [2.45, 2.75) is 44.1 Å². The molecular weight excluding hydrogens is 176 g/mol. The van der Waals surface area contributed by atoms with Crippen LogP contribution in [0.2, 0.25) is 0 Å². The molecule has 0 spiro atoms. The fourth-order valence-corrected chi connectivity index (χ4v) is 4.04. The minimum Gasteiger partial charge on any atom is -0.389 e. The maximum Gasteiger partial charge on any atom is 0.0708 e. The molecule has 3 rings (SSSR count). The van der Waals surface area contributed by atoms with Crippen LogP contribution in [0.3, 0.4) is 0 Å². The zero-order valence-electron chi connectivity index (χ0n) is 8.74. The standard InChI is InChI=1S/C12H20O2/c13-12(10-3-5-14-6-4-10)8-9-1-2-11(12)7-9/h9-11,13H,1-8H2. The zero-order valence-corrected chi connectivity index (χ0v) is 8.74. The number of ether oxygens (including phenoxy) is 1. The van der Waals surface area contributed by atoms with Gasteiger partial charge in [-0.1, -0.05) is 0 Å². The van der Waals surface area contributed by atoms with Crippen LogP contribution in [0.25, 0.3) is 0 Å². The summed E-state index contributed by atoms with van der Waals surface area (Å²) in [6.45, 7) is 1.73. The summed E-state index contributed by atoms with van der Waals surface area (Å²) in [5, 5.41) is 10.8. The van der Waals surface area contributed by atoms with Gasteiger partial charge in [-0.25, -0.2) is 0 Å². The van der Waals surface area contributed by atoms with E-state index in [1.165, 1.54) is 19.3 Å². The molecule has 2 nitrogen and oxygen atoms in total. The topological polar surface area (TPSA) is 29.5 Å². The van der Waals surface area contributed by atoms with Crippen molar-refractivity contribution >= 4 is 0 Å². The lowest BCUT2D eigenvalue weighted by Gasteiger charge is -2.41. The van der Waals surface area contributed by atoms with E-state index in [1.807, 2.05) is 0 Å². The van der Waals surface area contributed by atoms with Crippen LogP contribution in [0.5, 0.6) is 0 Å². The smallest absolute Gasteiger partial charge is 0.0708 e. The minimum absolute atomic E-state index is 0.299. The van der Waals surface area contributed by atoms with Gasteiger partial charge in [-0.05, 0) is 56.3 Å². The van der Waals surface area contributed by atoms with Crippen molar-refractivity contribution in [2.24, 2.45) is 17.8 Å². The molecule has 1 aliphatic heterocycles. The van der Waals surface area contributed by atoms with E-state index < -0.39 is 0 Å². The van der Waals surface area contributed by atoms with Crippen LogP contribution in [0.4, 0.5) is 0 Å². The average molecular weight is 196 g/mol. The Bertz CT molecular complexity index is 222. The highest BCUT2D eigenvalue weighted by atomic mass is 16.5. The molecule has 1 heterocycles. The van der Waals surface area contributed by atoms with Crippen molar-refractivity contribution in [1.82, 2.24) is 0 Å². The van der Waals surface area contributed by atoms with E-state index in [1.54, 1.807) is 0 Å². The molecule has 0 aromatic rings. The molecule has 1 N–H and O–H groups in total. The maximum atomic E-state index is 10.8. The lowest BCUT2D eigenvalue weighted by Crippen LogP contribution is -2.45. The Kier molecular flexibility index (Phi) is 2.10. The SMILES string of the molecule is OC1(C2CCOCC2)CC2CCC1C2. The quantitative estimate of drug-likeness (QED) is 0.694. The number of fused-ring (bicyclic) bond motifs is 2. The molecule has 3 aliphatic rings. The van der Waals surface area contributed by atoms with Gasteiger partial charge >= 0.3 is 0 Å². The van der Waals surface area contributed by atoms with Crippen molar-refractivity contribution in [3.8, 4) is 0 Å². The first kappa shape index (κ1) is 9.17. The van der Waals surface area contributed by atoms with E-state index in [0.29, 0.717) is 11.8 Å². The second-order valence-corrected chi connectivity index (χ2v) is 5.46. The van der Waals surface area contributed by atoms with Crippen LogP contribution < -0.4 is 0 Å². The molecule has 80 valence electrons. The van der Waals surface area contributed by atoms with Crippen molar-refractivity contribution in [3.05, 3.63) is 0 Å². The molecular formula is C12H20O2. The van der Waals surface area contributed by atoms with E-state index >= 15 is 0 Å². The van der Waals surface area contributed by atoms with Crippen molar-refractivity contribution < 1.29 is 9.84 Å². The van der Waals surface area contributed by atoms with Gasteiger partial charge in [-0.3, -0.25) is 0 Å². The summed E-state index contributed by atoms with van der Waals surface area (Å²) in [5.74, 6) is 2.00. The van der Waals surface area contributed by atoms with Crippen LogP contribution >= 0.6 is 0 Å². The van der Waals surface area contributed by atoms with Crippen molar-refractivity contribution in [1.29, 1.82) is 0 Å². The van der Waals surface area contributed by atoms with Crippen molar-refractivity contribution in [3.63, 3.8) is 0 Å². The zero-order chi connectivity index (χ0) is 9.60. The Hall–Kier alpha value is -0.0800. The third-order valence-corrected chi connectivity index (χ3v) is 4.79. The van der Waals surface area contributed by atoms with Gasteiger partial charge in [0.25, 0.3) is 0 Å². The molecule has 0 amide bonds. The van der Waals surface area contributed by atoms with Crippen molar-refractivity contribution in [2.75, 3.05) is 13.2 Å². The first-order valence-corrected chi connectivity index (χ1v) is 6.09. The largest absolute Gasteiger partial charge is 0.389 e. The Morgan fingerprint density at radius 2 is 1.79 bits per heavy atom. The summed E-state index contributed by atoms with van der Waals surface area (Å²) >= 11 is 0. The van der Waals surface area contributed by atoms with Gasteiger partial charge in [0, 0.05) is 13.2 Å². The van der Waals surface area contributed by atoms with Gasteiger partial charge in [-0.2, -0.15) is 0 Å². The van der Waals surface area contributed by atoms with Crippen LogP contribution in [-0.4, -0.2) is 23.9 Å². The Labute approximate surface area is 85.6 Å². The molecule has 3 unspecified atom stereocenters. The van der Waals surface area contributed by atoms with E-state index in [9.17, 15) is 5.11 Å². The van der Waals surface area contributed by atoms with E-state index in [0.717, 1.165) is 38.4 Å². The van der Waals surface area contributed by atoms with Gasteiger partial charge in [-0.15, -0.1) is 0 Å². The van der Waals surface area contributed by atoms with Crippen LogP contribution in [0.1, 0.15) is 38.5 Å². The lowest BCUT2D eigenvalue weighted by molar-refractivity contribution is -0.0984. The fraction of sp³-hybridized carbons (Fsp3) is 1.00. The molecule has 0 radical (unpaired) electrons. The predicted molar refractivity (Wildman–Crippen MR) is 53.9 cm³/mol. The Balaban J connectivity index is 1.75. The van der Waals surface area contributed by atoms with E-state index in [2.05, 4.69) is 0 Å². The van der Waals surface area contributed by atoms with E-state index in [-0.39, 0.29) is 5.60 Å². The third kappa shape index (κ3) is 1.24. The highest BCUT2D eigenvalue weighted by molar-refractivity contribution is 5.04. The maximum absolute atomic E-state index is 10.8. The van der Waals surface area contributed by atoms with E-state index in [4.69, 9.17) is 4.74 Å². The first-order valence-electron chi connectivity index (χ1n) is 6.09. The second-order valence-electron chi connectivity index (χ2n) is 5.46. The molecule has 2 saturated carbocycles. The van der Waals surface area contributed by atoms with Gasteiger partial charge < -0.3 is 9.84 Å². The van der Waals surface area contributed by atoms with Gasteiger partial charge in [0.15, 0.2) is 0 Å². The van der Waals surface area contributed by atoms with Crippen LogP contribution in [0, 0.1) is 17.8 Å². The fourth-order valence-electron chi connectivity index (χ4n) is 4.04. The second kappa shape index (κ2) is 3.21. The Morgan fingerprint density at radius 3 is 2.36 bits per heavy atom. The predicted octanol–water partition coefficient (Wildman–Crippen LogP) is 1.96. The summed E-state index contributed by atoms with van der Waals surface area (Å²) in [7, 11) is 0. The Morgan fingerprint density at radius 1 is 1.00 bits per heavy atom. The number of hydrogen-bond acceptors (Lipinski definition) is 2. The average Bonchev–Trinajstić information content (AvgIpc) is 2.79. The van der Waals surface area contributed by atoms with Gasteiger partial charge in [0.2, 0.25) is 0 Å². The number of rotatable bonds is 1. The minimum atomic E-state index is -0.299. The van der Waals surface area contributed by atoms with Gasteiger partial charge in [0.05, 0.1) is 5.60 Å². The molecule has 14 heavy (non-hydrogen) atoms. The summed E-state index contributed by atoms with van der Waals surface area (Å²) < 4.78 is 5.37. The van der Waals surface area contributed by atoms with Crippen LogP contribution in [0.15, 0.2) is 0 Å². The highest BCUT2D eigenvalue weighted by Crippen LogP contribution is 2.55. The van der Waals surface area contributed by atoms with Crippen LogP contribution in [-0.2, 0) is 4.74 Å². The molecule has 2 aliphatic carbocycles. The summed E-state index contributed by atoms with van der Waals surface area (Å²) in [5.41, 5.74) is -0.299. The summed E-state index contributed by atoms with van der Waals surface area (Å²) in [6.07, 6.45) is 7.20. The molecule has 1 saturated heterocycles. The monoisotopic (exact) mass is 196 g/mol. The van der Waals surface area contributed by atoms with Gasteiger partial charge in [0.1, 0.15) is 0 Å². The normalized spacial score (nSPS) is 48.6. The summed E-state index contributed by atoms with van der Waals surface area (Å²) in [4.78, 5) is 0. The summed E-state index contributed by atoms with van der Waals surface area (Å²) in [6, 6.07) is 0. The lowest BCUT2D eigenvalue weighted by atomic mass is 9.72. The third-order valence-electron chi connectivity index (χ3n) is 4.79. The number of hydrogen-bond donors (Lipinski definition) is 1. The molecule has 2 heteroatoms. The molecule has 0 aromatic heterocycles. The molecule has 0 aromatic carbocycles. The highest BCUT2D eigenvalue weighted by Gasteiger charge is 2.53. The molecule has 2 bridgehead atoms. The number of aliphatic hydroxyl groups is 1. The first-order chi connectivity index (χ1) is 6.79. The molecule has 3 atom stereocenters. The molecule has 3 fully saturated rings.